The van der Waals surface area contributed by atoms with Crippen LogP contribution in [0.2, 0.25) is 0 Å². The minimum atomic E-state index is 0.0429. The van der Waals surface area contributed by atoms with Crippen molar-refractivity contribution in [2.75, 3.05) is 0 Å². The van der Waals surface area contributed by atoms with E-state index in [-0.39, 0.29) is 110 Å². The average Bonchev–Trinajstić information content (AvgIpc) is 3.37. The van der Waals surface area contributed by atoms with E-state index in [1.165, 1.54) is 0 Å². The van der Waals surface area contributed by atoms with Gasteiger partial charge < -0.3 is 46.0 Å². The van der Waals surface area contributed by atoms with E-state index in [2.05, 4.69) is 0 Å². The van der Waals surface area contributed by atoms with Gasteiger partial charge in [-0.3, -0.25) is 0 Å². The normalized spacial score (nSPS) is 13.0. The summed E-state index contributed by atoms with van der Waals surface area (Å²) in [5.41, 5.74) is 10.5. The summed E-state index contributed by atoms with van der Waals surface area (Å²) >= 11 is 0. The molecule has 0 unspecified atom stereocenters. The zero-order valence-corrected chi connectivity index (χ0v) is 39.5. The fourth-order valence-electron chi connectivity index (χ4n) is 10.2. The van der Waals surface area contributed by atoms with E-state index in [4.69, 9.17) is 0 Å². The number of rotatable bonds is 0. The minimum Gasteiger partial charge on any atom is -0.507 e. The van der Waals surface area contributed by atoms with Crippen LogP contribution in [-0.4, -0.2) is 46.0 Å². The number of fused-ring (bicyclic) bond motifs is 18. The van der Waals surface area contributed by atoms with E-state index in [1.807, 2.05) is 54.6 Å². The van der Waals surface area contributed by atoms with Gasteiger partial charge >= 0.3 is 0 Å². The number of phenols is 9. The second kappa shape index (κ2) is 19.9. The van der Waals surface area contributed by atoms with Gasteiger partial charge in [0.1, 0.15) is 51.7 Å². The Kier molecular flexibility index (Phi) is 13.0. The molecule has 9 aromatic carbocycles. The van der Waals surface area contributed by atoms with Gasteiger partial charge in [-0.15, -0.1) is 0 Å². The number of aromatic hydroxyl groups is 9. The Labute approximate surface area is 417 Å². The maximum atomic E-state index is 11.6. The topological polar surface area (TPSA) is 182 Å². The summed E-state index contributed by atoms with van der Waals surface area (Å²) in [5.74, 6) is 0.386. The Morgan fingerprint density at radius 1 is 0.139 bits per heavy atom. The summed E-state index contributed by atoms with van der Waals surface area (Å²) in [7, 11) is 0. The number of para-hydroxylation sites is 9. The molecule has 0 aromatic heterocycles. The quantitative estimate of drug-likeness (QED) is 0.0714. The predicted octanol–water partition coefficient (Wildman–Crippen LogP) is 11.7. The Balaban J connectivity index is 1.02. The van der Waals surface area contributed by atoms with Gasteiger partial charge in [-0.1, -0.05) is 164 Å². The predicted molar refractivity (Wildman–Crippen MR) is 278 cm³/mol. The first-order chi connectivity index (χ1) is 34.9. The molecule has 0 fully saturated rings. The van der Waals surface area contributed by atoms with Gasteiger partial charge in [0.05, 0.1) is 0 Å². The highest BCUT2D eigenvalue weighted by Crippen LogP contribution is 2.40. The van der Waals surface area contributed by atoms with Crippen molar-refractivity contribution in [1.82, 2.24) is 0 Å². The summed E-state index contributed by atoms with van der Waals surface area (Å²) < 4.78 is 0. The molecule has 1 aliphatic carbocycles. The molecule has 0 amide bonds. The van der Waals surface area contributed by atoms with Crippen LogP contribution in [0.25, 0.3) is 0 Å². The third-order valence-electron chi connectivity index (χ3n) is 14.3. The van der Waals surface area contributed by atoms with Crippen LogP contribution in [0.15, 0.2) is 164 Å². The van der Waals surface area contributed by atoms with Crippen LogP contribution < -0.4 is 0 Å². The SMILES string of the molecule is Oc1c2cccc1Cc1cccc(c1O)Cc1cccc(c1O)Cc1cccc(c1O)Cc1cccc(c1O)Cc1cccc(c1O)Cc1cccc(c1O)Cc1cccc(c1O)Cc1cccc(c1O)C2. The Hall–Kier alpha value is -8.82. The lowest BCUT2D eigenvalue weighted by atomic mass is 9.91. The molecule has 0 spiro atoms. The number of hydrogen-bond donors (Lipinski definition) is 9. The van der Waals surface area contributed by atoms with Crippen molar-refractivity contribution in [3.63, 3.8) is 0 Å². The standard InChI is InChI=1S/C63H54O9/c64-55-37-10-1-11-38(55)29-40-13-3-15-42(57(40)66)31-44-17-5-19-46(59(44)68)33-48-21-7-23-50(61(48)70)35-52-25-9-27-54(63(52)72)36-53-26-8-24-51(62(53)71)34-49-22-6-20-47(60(49)69)32-45-18-4-16-43(58(45)67)30-41-14-2-12-39(28-37)56(41)65/h1-27,64-72H,28-36H2. The van der Waals surface area contributed by atoms with Gasteiger partial charge in [0.2, 0.25) is 0 Å². The second-order valence-electron chi connectivity index (χ2n) is 18.9. The minimum absolute atomic E-state index is 0.0429. The summed E-state index contributed by atoms with van der Waals surface area (Å²) in [6, 6.07) is 48.9. The largest absolute Gasteiger partial charge is 0.507 e. The van der Waals surface area contributed by atoms with Crippen molar-refractivity contribution < 1.29 is 46.0 Å². The Bertz CT molecular complexity index is 2600. The van der Waals surface area contributed by atoms with Crippen LogP contribution >= 0.6 is 0 Å². The summed E-state index contributed by atoms with van der Waals surface area (Å²) in [4.78, 5) is 0. The Morgan fingerprint density at radius 3 is 0.278 bits per heavy atom. The van der Waals surface area contributed by atoms with Crippen molar-refractivity contribution in [3.8, 4) is 51.7 Å². The third kappa shape index (κ3) is 9.44. The highest BCUT2D eigenvalue weighted by atomic mass is 16.3. The first-order valence-electron chi connectivity index (χ1n) is 24.1. The molecule has 9 heteroatoms. The maximum Gasteiger partial charge on any atom is 0.122 e. The van der Waals surface area contributed by atoms with Crippen molar-refractivity contribution in [2.45, 2.75) is 57.8 Å². The molecule has 72 heavy (non-hydrogen) atoms. The van der Waals surface area contributed by atoms with E-state index in [0.717, 1.165) is 0 Å². The molecule has 1 aliphatic rings. The van der Waals surface area contributed by atoms with Crippen LogP contribution in [0, 0.1) is 0 Å². The molecule has 0 radical (unpaired) electrons. The van der Waals surface area contributed by atoms with Crippen LogP contribution in [-0.2, 0) is 57.8 Å². The highest BCUT2D eigenvalue weighted by molar-refractivity contribution is 5.57. The fraction of sp³-hybridized carbons (Fsp3) is 0.143. The molecule has 0 saturated heterocycles. The number of phenolic OH excluding ortho intramolecular Hbond substituents is 9. The first kappa shape index (κ1) is 46.9. The van der Waals surface area contributed by atoms with Crippen LogP contribution in [0.1, 0.15) is 100 Å². The monoisotopic (exact) mass is 954 g/mol. The highest BCUT2D eigenvalue weighted by Gasteiger charge is 2.21. The lowest BCUT2D eigenvalue weighted by Crippen LogP contribution is -2.00. The van der Waals surface area contributed by atoms with Crippen molar-refractivity contribution >= 4 is 0 Å². The Morgan fingerprint density at radius 2 is 0.208 bits per heavy atom. The van der Waals surface area contributed by atoms with Gasteiger partial charge in [0, 0.05) is 57.8 Å². The number of hydrogen-bond acceptors (Lipinski definition) is 9. The average molecular weight is 955 g/mol. The van der Waals surface area contributed by atoms with Gasteiger partial charge in [0.25, 0.3) is 0 Å². The van der Waals surface area contributed by atoms with Crippen molar-refractivity contribution in [3.05, 3.63) is 264 Å². The molecule has 10 rings (SSSR count). The van der Waals surface area contributed by atoms with E-state index in [0.29, 0.717) is 100 Å². The number of benzene rings is 9. The molecule has 9 nitrogen and oxygen atoms in total. The lowest BCUT2D eigenvalue weighted by molar-refractivity contribution is 0.452. The van der Waals surface area contributed by atoms with Crippen LogP contribution in [0.4, 0.5) is 0 Å². The summed E-state index contributed by atoms with van der Waals surface area (Å²) in [6.45, 7) is 0. The molecule has 9 aromatic rings. The lowest BCUT2D eigenvalue weighted by Gasteiger charge is -2.16. The van der Waals surface area contributed by atoms with Gasteiger partial charge in [-0.2, -0.15) is 0 Å². The van der Waals surface area contributed by atoms with Gasteiger partial charge in [0.15, 0.2) is 0 Å². The van der Waals surface area contributed by atoms with Crippen molar-refractivity contribution in [2.24, 2.45) is 0 Å². The molecule has 0 aliphatic heterocycles. The second-order valence-corrected chi connectivity index (χ2v) is 18.9. The van der Waals surface area contributed by atoms with Crippen LogP contribution in [0.5, 0.6) is 51.7 Å². The van der Waals surface area contributed by atoms with E-state index >= 15 is 0 Å². The molecular weight excluding hydrogens is 901 g/mol. The van der Waals surface area contributed by atoms with Gasteiger partial charge in [-0.25, -0.2) is 0 Å². The van der Waals surface area contributed by atoms with Crippen molar-refractivity contribution in [1.29, 1.82) is 0 Å². The zero-order chi connectivity index (χ0) is 50.0. The van der Waals surface area contributed by atoms with E-state index in [9.17, 15) is 46.0 Å². The van der Waals surface area contributed by atoms with E-state index in [1.54, 1.807) is 109 Å². The van der Waals surface area contributed by atoms with Crippen LogP contribution in [0.3, 0.4) is 0 Å². The molecule has 360 valence electrons. The molecule has 18 bridgehead atoms. The molecule has 9 N–H and O–H groups in total. The summed E-state index contributed by atoms with van der Waals surface area (Å²) in [5, 5.41) is 105. The van der Waals surface area contributed by atoms with E-state index < -0.39 is 0 Å². The molecule has 0 atom stereocenters. The van der Waals surface area contributed by atoms with Gasteiger partial charge in [-0.05, 0) is 100 Å². The fourth-order valence-corrected chi connectivity index (χ4v) is 10.2. The third-order valence-corrected chi connectivity index (χ3v) is 14.3. The molecular formula is C63H54O9. The first-order valence-corrected chi connectivity index (χ1v) is 24.1. The molecule has 0 heterocycles. The maximum absolute atomic E-state index is 11.6. The summed E-state index contributed by atoms with van der Waals surface area (Å²) in [6.07, 6.45) is 1.91. The zero-order valence-electron chi connectivity index (χ0n) is 39.5. The molecule has 0 saturated carbocycles. The smallest absolute Gasteiger partial charge is 0.122 e.